The summed E-state index contributed by atoms with van der Waals surface area (Å²) in [5.74, 6) is -1.03. The lowest BCUT2D eigenvalue weighted by Gasteiger charge is -2.19. The first-order chi connectivity index (χ1) is 14.3. The van der Waals surface area contributed by atoms with Gasteiger partial charge in [-0.2, -0.15) is 0 Å². The number of halogens is 1. The Morgan fingerprint density at radius 3 is 2.37 bits per heavy atom. The van der Waals surface area contributed by atoms with Crippen LogP contribution in [0.25, 0.3) is 0 Å². The molecule has 0 aliphatic carbocycles. The Bertz CT molecular complexity index is 948. The number of nitrogens with one attached hydrogen (secondary N) is 2. The lowest BCUT2D eigenvalue weighted by atomic mass is 10.0. The molecule has 1 aromatic carbocycles. The van der Waals surface area contributed by atoms with Gasteiger partial charge in [0.2, 0.25) is 0 Å². The molecule has 2 rings (SSSR count). The molecule has 8 heteroatoms. The molecule has 7 nitrogen and oxygen atoms in total. The van der Waals surface area contributed by atoms with E-state index in [0.29, 0.717) is 53.3 Å². The zero-order valence-electron chi connectivity index (χ0n) is 18.0. The number of methoxy groups -OCH3 is 1. The monoisotopic (exact) mass is 433 g/mol. The van der Waals surface area contributed by atoms with Gasteiger partial charge in [-0.05, 0) is 51.0 Å². The number of benzene rings is 1. The molecular formula is C22H28ClN3O4. The molecule has 0 spiro atoms. The van der Waals surface area contributed by atoms with Crippen molar-refractivity contribution in [3.8, 4) is 0 Å². The summed E-state index contributed by atoms with van der Waals surface area (Å²) in [4.78, 5) is 42.3. The first-order valence-electron chi connectivity index (χ1n) is 9.98. The second-order valence-corrected chi connectivity index (χ2v) is 7.25. The maximum Gasteiger partial charge on any atom is 0.339 e. The number of H-pyrrole nitrogens is 1. The summed E-state index contributed by atoms with van der Waals surface area (Å²) in [5, 5.41) is 3.05. The Kier molecular flexibility index (Phi) is 8.06. The number of aromatic nitrogens is 1. The van der Waals surface area contributed by atoms with Crippen molar-refractivity contribution in [1.82, 2.24) is 9.88 Å². The second-order valence-electron chi connectivity index (χ2n) is 6.85. The van der Waals surface area contributed by atoms with Crippen molar-refractivity contribution in [2.45, 2.75) is 40.5 Å². The molecule has 2 amide bonds. The predicted molar refractivity (Wildman–Crippen MR) is 118 cm³/mol. The number of ether oxygens (including phenoxy) is 1. The summed E-state index contributed by atoms with van der Waals surface area (Å²) >= 11 is 6.31. The quantitative estimate of drug-likeness (QED) is 0.601. The van der Waals surface area contributed by atoms with Crippen LogP contribution >= 0.6 is 11.6 Å². The summed E-state index contributed by atoms with van der Waals surface area (Å²) in [6.45, 7) is 8.67. The highest BCUT2D eigenvalue weighted by Crippen LogP contribution is 2.25. The molecule has 0 aliphatic rings. The fourth-order valence-corrected chi connectivity index (χ4v) is 3.65. The number of anilines is 1. The number of rotatable bonds is 8. The number of aryl methyl sites for hydroxylation is 1. The SMILES string of the molecule is CCCc1c(C(=O)Nc2ccc(C(=O)N(CC)CC)c(Cl)c2)[nH]c(C)c1C(=O)OC. The van der Waals surface area contributed by atoms with Crippen LogP contribution in [0, 0.1) is 6.92 Å². The lowest BCUT2D eigenvalue weighted by molar-refractivity contribution is 0.0598. The number of nitrogens with zero attached hydrogens (tertiary/aromatic N) is 1. The zero-order valence-corrected chi connectivity index (χ0v) is 18.8. The van der Waals surface area contributed by atoms with Gasteiger partial charge < -0.3 is 19.9 Å². The molecule has 1 aromatic heterocycles. The summed E-state index contributed by atoms with van der Waals surface area (Å²) in [7, 11) is 1.31. The van der Waals surface area contributed by atoms with E-state index in [1.807, 2.05) is 20.8 Å². The van der Waals surface area contributed by atoms with Crippen LogP contribution in [-0.4, -0.2) is 47.9 Å². The van der Waals surface area contributed by atoms with Crippen LogP contribution in [0.2, 0.25) is 5.02 Å². The highest BCUT2D eigenvalue weighted by Gasteiger charge is 2.25. The van der Waals surface area contributed by atoms with E-state index in [-0.39, 0.29) is 10.9 Å². The molecule has 162 valence electrons. The Morgan fingerprint density at radius 2 is 1.83 bits per heavy atom. The average Bonchev–Trinajstić information content (AvgIpc) is 3.04. The van der Waals surface area contributed by atoms with E-state index in [1.54, 1.807) is 30.0 Å². The minimum atomic E-state index is -0.478. The van der Waals surface area contributed by atoms with Gasteiger partial charge in [-0.15, -0.1) is 0 Å². The molecule has 0 unspecified atom stereocenters. The first kappa shape index (κ1) is 23.5. The van der Waals surface area contributed by atoms with Crippen LogP contribution in [0.5, 0.6) is 0 Å². The Balaban J connectivity index is 2.31. The van der Waals surface area contributed by atoms with Gasteiger partial charge in [-0.1, -0.05) is 24.9 Å². The van der Waals surface area contributed by atoms with Crippen molar-refractivity contribution in [3.05, 3.63) is 51.3 Å². The highest BCUT2D eigenvalue weighted by molar-refractivity contribution is 6.34. The minimum Gasteiger partial charge on any atom is -0.465 e. The van der Waals surface area contributed by atoms with E-state index in [4.69, 9.17) is 16.3 Å². The topological polar surface area (TPSA) is 91.5 Å². The third kappa shape index (κ3) is 4.84. The second kappa shape index (κ2) is 10.3. The molecule has 0 radical (unpaired) electrons. The molecule has 0 saturated heterocycles. The van der Waals surface area contributed by atoms with Gasteiger partial charge >= 0.3 is 5.97 Å². The van der Waals surface area contributed by atoms with Crippen LogP contribution < -0.4 is 5.32 Å². The standard InChI is InChI=1S/C22H28ClN3O4/c1-6-9-16-18(22(29)30-5)13(4)24-19(16)20(27)25-14-10-11-15(17(23)12-14)21(28)26(7-2)8-3/h10-12,24H,6-9H2,1-5H3,(H,25,27). The molecule has 0 saturated carbocycles. The van der Waals surface area contributed by atoms with Gasteiger partial charge in [-0.25, -0.2) is 4.79 Å². The summed E-state index contributed by atoms with van der Waals surface area (Å²) in [5.41, 5.74) is 2.74. The Labute approximate surface area is 181 Å². The van der Waals surface area contributed by atoms with Crippen LogP contribution in [0.3, 0.4) is 0 Å². The molecule has 0 bridgehead atoms. The van der Waals surface area contributed by atoms with Crippen molar-refractivity contribution >= 4 is 35.1 Å². The van der Waals surface area contributed by atoms with Crippen LogP contribution in [0.4, 0.5) is 5.69 Å². The molecule has 1 heterocycles. The normalized spacial score (nSPS) is 10.6. The van der Waals surface area contributed by atoms with Gasteiger partial charge in [0, 0.05) is 24.5 Å². The summed E-state index contributed by atoms with van der Waals surface area (Å²) < 4.78 is 4.86. The predicted octanol–water partition coefficient (Wildman–Crippen LogP) is 4.45. The third-order valence-electron chi connectivity index (χ3n) is 4.92. The fourth-order valence-electron chi connectivity index (χ4n) is 3.39. The molecule has 0 atom stereocenters. The van der Waals surface area contributed by atoms with Crippen molar-refractivity contribution in [2.24, 2.45) is 0 Å². The molecule has 2 N–H and O–H groups in total. The lowest BCUT2D eigenvalue weighted by Crippen LogP contribution is -2.30. The molecule has 30 heavy (non-hydrogen) atoms. The van der Waals surface area contributed by atoms with E-state index in [2.05, 4.69) is 10.3 Å². The van der Waals surface area contributed by atoms with Crippen molar-refractivity contribution < 1.29 is 19.1 Å². The van der Waals surface area contributed by atoms with Crippen LogP contribution in [0.1, 0.15) is 69.7 Å². The smallest absolute Gasteiger partial charge is 0.339 e. The van der Waals surface area contributed by atoms with Gasteiger partial charge in [-0.3, -0.25) is 9.59 Å². The number of hydrogen-bond acceptors (Lipinski definition) is 4. The summed E-state index contributed by atoms with van der Waals surface area (Å²) in [6.07, 6.45) is 1.31. The zero-order chi connectivity index (χ0) is 22.4. The van der Waals surface area contributed by atoms with Crippen molar-refractivity contribution in [3.63, 3.8) is 0 Å². The number of carbonyl (C=O) groups is 3. The van der Waals surface area contributed by atoms with Gasteiger partial charge in [0.05, 0.1) is 23.3 Å². The van der Waals surface area contributed by atoms with E-state index in [9.17, 15) is 14.4 Å². The molecular weight excluding hydrogens is 406 g/mol. The number of aromatic amines is 1. The van der Waals surface area contributed by atoms with E-state index >= 15 is 0 Å². The third-order valence-corrected chi connectivity index (χ3v) is 5.23. The van der Waals surface area contributed by atoms with Gasteiger partial charge in [0.25, 0.3) is 11.8 Å². The van der Waals surface area contributed by atoms with Gasteiger partial charge in [0.1, 0.15) is 5.69 Å². The van der Waals surface area contributed by atoms with E-state index in [1.165, 1.54) is 7.11 Å². The maximum absolute atomic E-state index is 12.9. The number of carbonyl (C=O) groups excluding carboxylic acids is 3. The Hall–Kier alpha value is -2.80. The minimum absolute atomic E-state index is 0.157. The van der Waals surface area contributed by atoms with Crippen LogP contribution in [0.15, 0.2) is 18.2 Å². The van der Waals surface area contributed by atoms with Crippen LogP contribution in [-0.2, 0) is 11.2 Å². The van der Waals surface area contributed by atoms with E-state index in [0.717, 1.165) is 6.42 Å². The highest BCUT2D eigenvalue weighted by atomic mass is 35.5. The fraction of sp³-hybridized carbons (Fsp3) is 0.409. The Morgan fingerprint density at radius 1 is 1.17 bits per heavy atom. The number of amides is 2. The maximum atomic E-state index is 12.9. The molecule has 0 aliphatic heterocycles. The van der Waals surface area contributed by atoms with Crippen molar-refractivity contribution in [2.75, 3.05) is 25.5 Å². The van der Waals surface area contributed by atoms with E-state index < -0.39 is 11.9 Å². The number of hydrogen-bond donors (Lipinski definition) is 2. The average molecular weight is 434 g/mol. The first-order valence-corrected chi connectivity index (χ1v) is 10.4. The van der Waals surface area contributed by atoms with Crippen molar-refractivity contribution in [1.29, 1.82) is 0 Å². The largest absolute Gasteiger partial charge is 0.465 e. The van der Waals surface area contributed by atoms with Gasteiger partial charge in [0.15, 0.2) is 0 Å². The molecule has 2 aromatic rings. The summed E-state index contributed by atoms with van der Waals surface area (Å²) in [6, 6.07) is 4.79. The number of esters is 1. The molecule has 0 fully saturated rings.